The number of rotatable bonds is 2. The Bertz CT molecular complexity index is 387. The summed E-state index contributed by atoms with van der Waals surface area (Å²) in [7, 11) is 0. The fourth-order valence-corrected chi connectivity index (χ4v) is 2.43. The van der Waals surface area contributed by atoms with Crippen LogP contribution in [-0.4, -0.2) is 18.8 Å². The summed E-state index contributed by atoms with van der Waals surface area (Å²) in [5.74, 6) is -0.410. The summed E-state index contributed by atoms with van der Waals surface area (Å²) in [6.45, 7) is 1.50. The molecule has 0 aliphatic carbocycles. The number of hydrogen-bond donors (Lipinski definition) is 1. The third kappa shape index (κ3) is 3.39. The van der Waals surface area contributed by atoms with Crippen LogP contribution in [0.2, 0.25) is 5.02 Å². The van der Waals surface area contributed by atoms with Crippen LogP contribution in [0.3, 0.4) is 0 Å². The molecule has 1 fully saturated rings. The van der Waals surface area contributed by atoms with Gasteiger partial charge in [-0.15, -0.1) is 0 Å². The summed E-state index contributed by atoms with van der Waals surface area (Å²) in [6.07, 6.45) is 1.86. The molecule has 0 amide bonds. The minimum absolute atomic E-state index is 0.137. The van der Waals surface area contributed by atoms with Gasteiger partial charge in [0, 0.05) is 11.4 Å². The normalized spacial score (nSPS) is 25.6. The Labute approximate surface area is 105 Å². The van der Waals surface area contributed by atoms with E-state index in [4.69, 9.17) is 11.6 Å². The molecule has 1 aliphatic rings. The molecular formula is C13H16ClF2N. The molecule has 1 nitrogen and oxygen atoms in total. The van der Waals surface area contributed by atoms with Gasteiger partial charge in [-0.2, -0.15) is 0 Å². The molecule has 0 aromatic heterocycles. The monoisotopic (exact) mass is 259 g/mol. The lowest BCUT2D eigenvalue weighted by molar-refractivity contribution is 0.143. The van der Waals surface area contributed by atoms with Gasteiger partial charge in [-0.3, -0.25) is 0 Å². The maximum absolute atomic E-state index is 14.6. The molecule has 17 heavy (non-hydrogen) atoms. The van der Waals surface area contributed by atoms with E-state index >= 15 is 0 Å². The van der Waals surface area contributed by atoms with Gasteiger partial charge in [0.1, 0.15) is 11.5 Å². The van der Waals surface area contributed by atoms with E-state index in [0.717, 1.165) is 13.0 Å². The summed E-state index contributed by atoms with van der Waals surface area (Å²) in [5.41, 5.74) is -0.878. The van der Waals surface area contributed by atoms with E-state index in [0.29, 0.717) is 30.0 Å². The van der Waals surface area contributed by atoms with E-state index in [2.05, 4.69) is 5.32 Å². The van der Waals surface area contributed by atoms with Crippen molar-refractivity contribution in [3.8, 4) is 0 Å². The molecule has 1 heterocycles. The van der Waals surface area contributed by atoms with Crippen molar-refractivity contribution in [3.05, 3.63) is 34.6 Å². The molecule has 1 aromatic carbocycles. The number of halogens is 3. The average Bonchev–Trinajstić information content (AvgIpc) is 2.48. The zero-order chi connectivity index (χ0) is 12.3. The molecule has 0 bridgehead atoms. The maximum Gasteiger partial charge on any atom is 0.127 e. The average molecular weight is 260 g/mol. The first-order chi connectivity index (χ1) is 8.09. The molecule has 1 aliphatic heterocycles. The largest absolute Gasteiger partial charge is 0.317 e. The van der Waals surface area contributed by atoms with Gasteiger partial charge in [-0.05, 0) is 50.0 Å². The molecule has 0 spiro atoms. The van der Waals surface area contributed by atoms with Crippen molar-refractivity contribution in [1.82, 2.24) is 5.32 Å². The highest BCUT2D eigenvalue weighted by molar-refractivity contribution is 6.30. The smallest absolute Gasteiger partial charge is 0.127 e. The van der Waals surface area contributed by atoms with Gasteiger partial charge in [0.2, 0.25) is 0 Å². The van der Waals surface area contributed by atoms with Crippen LogP contribution in [0.25, 0.3) is 0 Å². The van der Waals surface area contributed by atoms with Crippen LogP contribution in [0, 0.1) is 5.82 Å². The van der Waals surface area contributed by atoms with Gasteiger partial charge in [0.05, 0.1) is 0 Å². The van der Waals surface area contributed by atoms with Crippen LogP contribution in [0.1, 0.15) is 24.8 Å². The lowest BCUT2D eigenvalue weighted by Crippen LogP contribution is -2.27. The molecule has 1 unspecified atom stereocenters. The Morgan fingerprint density at radius 1 is 1.29 bits per heavy atom. The number of alkyl halides is 1. The van der Waals surface area contributed by atoms with Crippen LogP contribution < -0.4 is 5.32 Å². The molecule has 2 rings (SSSR count). The van der Waals surface area contributed by atoms with Crippen molar-refractivity contribution in [1.29, 1.82) is 0 Å². The van der Waals surface area contributed by atoms with Crippen LogP contribution in [0.4, 0.5) is 8.78 Å². The highest BCUT2D eigenvalue weighted by Gasteiger charge is 2.31. The summed E-state index contributed by atoms with van der Waals surface area (Å²) in [5, 5.41) is 3.51. The predicted octanol–water partition coefficient (Wildman–Crippen LogP) is 3.50. The first-order valence-corrected chi connectivity index (χ1v) is 6.30. The van der Waals surface area contributed by atoms with Crippen LogP contribution in [-0.2, 0) is 6.42 Å². The molecule has 1 N–H and O–H groups in total. The SMILES string of the molecule is Fc1cc(Cl)ccc1CC1(F)CCCNCC1. The molecule has 1 atom stereocenters. The number of nitrogens with one attached hydrogen (secondary N) is 1. The Balaban J connectivity index is 2.12. The van der Waals surface area contributed by atoms with E-state index in [1.165, 1.54) is 6.07 Å². The lowest BCUT2D eigenvalue weighted by Gasteiger charge is -2.23. The van der Waals surface area contributed by atoms with E-state index in [1.807, 2.05) is 0 Å². The Morgan fingerprint density at radius 3 is 2.88 bits per heavy atom. The molecule has 0 radical (unpaired) electrons. The van der Waals surface area contributed by atoms with Crippen LogP contribution in [0.15, 0.2) is 18.2 Å². The molecular weight excluding hydrogens is 244 g/mol. The van der Waals surface area contributed by atoms with E-state index in [9.17, 15) is 8.78 Å². The van der Waals surface area contributed by atoms with E-state index in [-0.39, 0.29) is 6.42 Å². The predicted molar refractivity (Wildman–Crippen MR) is 65.7 cm³/mol. The van der Waals surface area contributed by atoms with E-state index in [1.54, 1.807) is 12.1 Å². The van der Waals surface area contributed by atoms with Gasteiger partial charge in [0.15, 0.2) is 0 Å². The molecule has 94 valence electrons. The number of benzene rings is 1. The molecule has 1 saturated heterocycles. The fraction of sp³-hybridized carbons (Fsp3) is 0.538. The second-order valence-electron chi connectivity index (χ2n) is 4.67. The Morgan fingerprint density at radius 2 is 2.12 bits per heavy atom. The summed E-state index contributed by atoms with van der Waals surface area (Å²) >= 11 is 5.68. The van der Waals surface area contributed by atoms with Crippen molar-refractivity contribution in [2.24, 2.45) is 0 Å². The third-order valence-electron chi connectivity index (χ3n) is 3.25. The van der Waals surface area contributed by atoms with Crippen molar-refractivity contribution in [2.75, 3.05) is 13.1 Å². The zero-order valence-corrected chi connectivity index (χ0v) is 10.4. The zero-order valence-electron chi connectivity index (χ0n) is 9.61. The van der Waals surface area contributed by atoms with Crippen molar-refractivity contribution in [2.45, 2.75) is 31.4 Å². The van der Waals surface area contributed by atoms with Crippen molar-refractivity contribution in [3.63, 3.8) is 0 Å². The number of hydrogen-bond acceptors (Lipinski definition) is 1. The topological polar surface area (TPSA) is 12.0 Å². The standard InChI is InChI=1S/C13H16ClF2N/c14-11-3-2-10(12(15)8-11)9-13(16)4-1-6-17-7-5-13/h2-3,8,17H,1,4-7,9H2. The maximum atomic E-state index is 14.6. The van der Waals surface area contributed by atoms with Crippen LogP contribution >= 0.6 is 11.6 Å². The van der Waals surface area contributed by atoms with E-state index < -0.39 is 11.5 Å². The lowest BCUT2D eigenvalue weighted by atomic mass is 9.89. The van der Waals surface area contributed by atoms with Gasteiger partial charge in [-0.25, -0.2) is 8.78 Å². The van der Waals surface area contributed by atoms with Gasteiger partial charge in [0.25, 0.3) is 0 Å². The minimum atomic E-state index is -1.29. The van der Waals surface area contributed by atoms with Gasteiger partial charge < -0.3 is 5.32 Å². The molecule has 4 heteroatoms. The van der Waals surface area contributed by atoms with Crippen LogP contribution in [0.5, 0.6) is 0 Å². The first-order valence-electron chi connectivity index (χ1n) is 5.93. The minimum Gasteiger partial charge on any atom is -0.317 e. The summed E-state index contributed by atoms with van der Waals surface area (Å²) < 4.78 is 28.2. The highest BCUT2D eigenvalue weighted by Crippen LogP contribution is 2.30. The fourth-order valence-electron chi connectivity index (χ4n) is 2.28. The van der Waals surface area contributed by atoms with Gasteiger partial charge in [-0.1, -0.05) is 17.7 Å². The quantitative estimate of drug-likeness (QED) is 0.857. The van der Waals surface area contributed by atoms with Gasteiger partial charge >= 0.3 is 0 Å². The Kier molecular flexibility index (Phi) is 4.00. The first kappa shape index (κ1) is 12.8. The summed E-state index contributed by atoms with van der Waals surface area (Å²) in [4.78, 5) is 0. The highest BCUT2D eigenvalue weighted by atomic mass is 35.5. The van der Waals surface area contributed by atoms with Crippen molar-refractivity contribution < 1.29 is 8.78 Å². The molecule has 0 saturated carbocycles. The summed E-state index contributed by atoms with van der Waals surface area (Å²) in [6, 6.07) is 4.44. The Hall–Kier alpha value is -0.670. The second kappa shape index (κ2) is 5.32. The second-order valence-corrected chi connectivity index (χ2v) is 5.10. The molecule has 1 aromatic rings. The third-order valence-corrected chi connectivity index (χ3v) is 3.49. The van der Waals surface area contributed by atoms with Crippen molar-refractivity contribution >= 4 is 11.6 Å².